The van der Waals surface area contributed by atoms with Crippen molar-refractivity contribution in [3.8, 4) is 16.9 Å². The Kier molecular flexibility index (Phi) is 4.48. The van der Waals surface area contributed by atoms with Gasteiger partial charge < -0.3 is 5.32 Å². The van der Waals surface area contributed by atoms with E-state index in [-0.39, 0.29) is 5.82 Å². The molecule has 3 aromatic heterocycles. The first-order valence-electron chi connectivity index (χ1n) is 9.60. The standard InChI is InChI=1S/C23H19FN6/c1-15-9-17(16-5-6-21-18(10-16)13-27-29-21)11-22(28-15)30-8-7-25-23(30)14-26-20-4-2-3-19(24)12-20/h2-13,26H,14H2,1H3,(H,27,29). The van der Waals surface area contributed by atoms with Gasteiger partial charge in [-0.25, -0.2) is 14.4 Å². The zero-order chi connectivity index (χ0) is 20.5. The van der Waals surface area contributed by atoms with Crippen LogP contribution in [-0.2, 0) is 6.54 Å². The molecule has 148 valence electrons. The van der Waals surface area contributed by atoms with Gasteiger partial charge in [-0.2, -0.15) is 5.10 Å². The van der Waals surface area contributed by atoms with Crippen molar-refractivity contribution in [2.24, 2.45) is 0 Å². The highest BCUT2D eigenvalue weighted by molar-refractivity contribution is 5.84. The molecule has 0 saturated heterocycles. The highest BCUT2D eigenvalue weighted by Crippen LogP contribution is 2.26. The van der Waals surface area contributed by atoms with E-state index in [1.54, 1.807) is 12.3 Å². The Bertz CT molecular complexity index is 1340. The summed E-state index contributed by atoms with van der Waals surface area (Å²) in [6.45, 7) is 2.42. The van der Waals surface area contributed by atoms with Gasteiger partial charge in [-0.15, -0.1) is 0 Å². The predicted octanol–water partition coefficient (Wildman–Crippen LogP) is 4.87. The van der Waals surface area contributed by atoms with Gasteiger partial charge in [0.25, 0.3) is 0 Å². The summed E-state index contributed by atoms with van der Waals surface area (Å²) in [7, 11) is 0. The molecule has 2 N–H and O–H groups in total. The Balaban J connectivity index is 1.47. The SMILES string of the molecule is Cc1cc(-c2ccc3[nH]ncc3c2)cc(-n2ccnc2CNc2cccc(F)c2)n1. The monoisotopic (exact) mass is 398 g/mol. The van der Waals surface area contributed by atoms with Gasteiger partial charge in [-0.3, -0.25) is 9.67 Å². The van der Waals surface area contributed by atoms with Crippen molar-refractivity contribution in [3.63, 3.8) is 0 Å². The summed E-state index contributed by atoms with van der Waals surface area (Å²) in [5.74, 6) is 1.29. The number of anilines is 1. The van der Waals surface area contributed by atoms with Crippen LogP contribution in [0.3, 0.4) is 0 Å². The number of aromatic amines is 1. The summed E-state index contributed by atoms with van der Waals surface area (Å²) >= 11 is 0. The van der Waals surface area contributed by atoms with E-state index in [2.05, 4.69) is 38.7 Å². The summed E-state index contributed by atoms with van der Waals surface area (Å²) in [5.41, 5.74) is 4.78. The molecule has 30 heavy (non-hydrogen) atoms. The van der Waals surface area contributed by atoms with Crippen molar-refractivity contribution >= 4 is 16.6 Å². The van der Waals surface area contributed by atoms with E-state index < -0.39 is 0 Å². The van der Waals surface area contributed by atoms with Crippen molar-refractivity contribution in [1.29, 1.82) is 0 Å². The summed E-state index contributed by atoms with van der Waals surface area (Å²) in [6.07, 6.45) is 5.44. The molecule has 0 atom stereocenters. The number of pyridine rings is 1. The van der Waals surface area contributed by atoms with Gasteiger partial charge in [0.15, 0.2) is 0 Å². The molecule has 0 aliphatic heterocycles. The maximum absolute atomic E-state index is 13.4. The third-order valence-corrected chi connectivity index (χ3v) is 4.95. The first kappa shape index (κ1) is 18.1. The average molecular weight is 398 g/mol. The molecule has 0 amide bonds. The van der Waals surface area contributed by atoms with Gasteiger partial charge in [0.2, 0.25) is 0 Å². The second-order valence-electron chi connectivity index (χ2n) is 7.10. The van der Waals surface area contributed by atoms with Crippen LogP contribution >= 0.6 is 0 Å². The van der Waals surface area contributed by atoms with Crippen LogP contribution in [0.1, 0.15) is 11.5 Å². The molecule has 0 fully saturated rings. The molecular weight excluding hydrogens is 379 g/mol. The third kappa shape index (κ3) is 3.53. The molecule has 5 aromatic rings. The average Bonchev–Trinajstić information content (AvgIpc) is 3.40. The fourth-order valence-electron chi connectivity index (χ4n) is 3.52. The lowest BCUT2D eigenvalue weighted by molar-refractivity contribution is 0.628. The molecule has 0 bridgehead atoms. The topological polar surface area (TPSA) is 71.4 Å². The van der Waals surface area contributed by atoms with Crippen LogP contribution < -0.4 is 5.32 Å². The normalized spacial score (nSPS) is 11.1. The van der Waals surface area contributed by atoms with Crippen LogP contribution in [0.15, 0.2) is 73.2 Å². The van der Waals surface area contributed by atoms with Gasteiger partial charge in [-0.1, -0.05) is 12.1 Å². The van der Waals surface area contributed by atoms with Crippen molar-refractivity contribution in [2.75, 3.05) is 5.32 Å². The minimum atomic E-state index is -0.275. The minimum absolute atomic E-state index is 0.275. The van der Waals surface area contributed by atoms with E-state index in [1.165, 1.54) is 12.1 Å². The van der Waals surface area contributed by atoms with Crippen LogP contribution in [0.4, 0.5) is 10.1 Å². The number of fused-ring (bicyclic) bond motifs is 1. The lowest BCUT2D eigenvalue weighted by Crippen LogP contribution is -2.09. The van der Waals surface area contributed by atoms with Gasteiger partial charge >= 0.3 is 0 Å². The highest BCUT2D eigenvalue weighted by atomic mass is 19.1. The molecule has 0 aliphatic rings. The lowest BCUT2D eigenvalue weighted by Gasteiger charge is -2.12. The third-order valence-electron chi connectivity index (χ3n) is 4.95. The first-order valence-corrected chi connectivity index (χ1v) is 9.60. The summed E-state index contributed by atoms with van der Waals surface area (Å²) < 4.78 is 15.4. The van der Waals surface area contributed by atoms with Crippen LogP contribution in [-0.4, -0.2) is 24.7 Å². The Morgan fingerprint density at radius 1 is 1.07 bits per heavy atom. The van der Waals surface area contributed by atoms with Crippen LogP contribution in [0, 0.1) is 12.7 Å². The molecule has 0 radical (unpaired) electrons. The van der Waals surface area contributed by atoms with Crippen molar-refractivity contribution in [1.82, 2.24) is 24.7 Å². The quantitative estimate of drug-likeness (QED) is 0.443. The number of H-pyrrole nitrogens is 1. The molecule has 0 unspecified atom stereocenters. The van der Waals surface area contributed by atoms with Crippen molar-refractivity contribution < 1.29 is 4.39 Å². The lowest BCUT2D eigenvalue weighted by atomic mass is 10.0. The zero-order valence-electron chi connectivity index (χ0n) is 16.3. The van der Waals surface area contributed by atoms with Gasteiger partial charge in [0, 0.05) is 29.2 Å². The highest BCUT2D eigenvalue weighted by Gasteiger charge is 2.10. The number of nitrogens with one attached hydrogen (secondary N) is 2. The van der Waals surface area contributed by atoms with E-state index >= 15 is 0 Å². The molecule has 3 heterocycles. The number of rotatable bonds is 5. The number of hydrogen-bond acceptors (Lipinski definition) is 4. The number of imidazole rings is 1. The van der Waals surface area contributed by atoms with Gasteiger partial charge in [0.1, 0.15) is 17.5 Å². The molecule has 0 aliphatic carbocycles. The number of aromatic nitrogens is 5. The van der Waals surface area contributed by atoms with E-state index in [9.17, 15) is 4.39 Å². The second-order valence-corrected chi connectivity index (χ2v) is 7.10. The number of halogens is 1. The Morgan fingerprint density at radius 3 is 2.90 bits per heavy atom. The second kappa shape index (κ2) is 7.44. The number of aryl methyl sites for hydroxylation is 1. The Morgan fingerprint density at radius 2 is 2.00 bits per heavy atom. The minimum Gasteiger partial charge on any atom is -0.378 e. The number of benzene rings is 2. The molecule has 6 nitrogen and oxygen atoms in total. The fourth-order valence-corrected chi connectivity index (χ4v) is 3.52. The number of hydrogen-bond donors (Lipinski definition) is 2. The Hall–Kier alpha value is -4.00. The predicted molar refractivity (Wildman–Crippen MR) is 115 cm³/mol. The maximum atomic E-state index is 13.4. The maximum Gasteiger partial charge on any atom is 0.138 e. The molecule has 0 saturated carbocycles. The number of nitrogens with zero attached hydrogens (tertiary/aromatic N) is 4. The first-order chi connectivity index (χ1) is 14.7. The van der Waals surface area contributed by atoms with Crippen molar-refractivity contribution in [3.05, 3.63) is 90.5 Å². The summed E-state index contributed by atoms with van der Waals surface area (Å²) in [6, 6.07) is 16.7. The fraction of sp³-hybridized carbons (Fsp3) is 0.0870. The van der Waals surface area contributed by atoms with E-state index in [1.807, 2.05) is 42.1 Å². The Labute approximate surface area is 172 Å². The molecule has 0 spiro atoms. The van der Waals surface area contributed by atoms with Crippen LogP contribution in [0.25, 0.3) is 27.8 Å². The van der Waals surface area contributed by atoms with Crippen LogP contribution in [0.2, 0.25) is 0 Å². The molecule has 5 rings (SSSR count). The van der Waals surface area contributed by atoms with E-state index in [0.717, 1.165) is 39.4 Å². The summed E-state index contributed by atoms with van der Waals surface area (Å²) in [5, 5.41) is 11.3. The summed E-state index contributed by atoms with van der Waals surface area (Å²) in [4.78, 5) is 9.15. The van der Waals surface area contributed by atoms with E-state index in [4.69, 9.17) is 4.98 Å². The van der Waals surface area contributed by atoms with E-state index in [0.29, 0.717) is 12.2 Å². The smallest absolute Gasteiger partial charge is 0.138 e. The van der Waals surface area contributed by atoms with Gasteiger partial charge in [0.05, 0.1) is 18.3 Å². The van der Waals surface area contributed by atoms with Crippen molar-refractivity contribution in [2.45, 2.75) is 13.5 Å². The molecular formula is C23H19FN6. The molecule has 2 aromatic carbocycles. The molecule has 7 heteroatoms. The van der Waals surface area contributed by atoms with Crippen LogP contribution in [0.5, 0.6) is 0 Å². The largest absolute Gasteiger partial charge is 0.378 e. The zero-order valence-corrected chi connectivity index (χ0v) is 16.3. The van der Waals surface area contributed by atoms with Gasteiger partial charge in [-0.05, 0) is 60.5 Å².